The Balaban J connectivity index is 1.76. The minimum Gasteiger partial charge on any atom is -0.469 e. The minimum absolute atomic E-state index is 0.00866. The molecule has 2 aromatic heterocycles. The van der Waals surface area contributed by atoms with Crippen LogP contribution in [0.15, 0.2) is 35.1 Å². The van der Waals surface area contributed by atoms with Crippen LogP contribution in [-0.2, 0) is 6.42 Å². The summed E-state index contributed by atoms with van der Waals surface area (Å²) in [6.45, 7) is 0. The molecule has 5 heteroatoms. The molecule has 19 heavy (non-hydrogen) atoms. The van der Waals surface area contributed by atoms with Gasteiger partial charge in [0.15, 0.2) is 0 Å². The molecule has 5 nitrogen and oxygen atoms in total. The monoisotopic (exact) mass is 257 g/mol. The fourth-order valence-electron chi connectivity index (χ4n) is 2.41. The van der Waals surface area contributed by atoms with Gasteiger partial charge in [-0.3, -0.25) is 4.79 Å². The molecule has 0 aliphatic heterocycles. The van der Waals surface area contributed by atoms with Crippen molar-refractivity contribution < 1.29 is 9.21 Å². The topological polar surface area (TPSA) is 81.2 Å². The third-order valence-electron chi connectivity index (χ3n) is 3.38. The Morgan fingerprint density at radius 2 is 2.32 bits per heavy atom. The largest absolute Gasteiger partial charge is 0.469 e. The molecule has 1 atom stereocenters. The second kappa shape index (κ2) is 4.76. The molecular weight excluding hydrogens is 242 g/mol. The van der Waals surface area contributed by atoms with Gasteiger partial charge in [0.1, 0.15) is 11.5 Å². The quantitative estimate of drug-likeness (QED) is 0.862. The molecule has 2 heterocycles. The Morgan fingerprint density at radius 1 is 1.42 bits per heavy atom. The van der Waals surface area contributed by atoms with E-state index >= 15 is 0 Å². The Bertz CT molecular complexity index is 589. The van der Waals surface area contributed by atoms with E-state index in [0.29, 0.717) is 11.4 Å². The van der Waals surface area contributed by atoms with Crippen LogP contribution in [0.2, 0.25) is 0 Å². The van der Waals surface area contributed by atoms with Crippen molar-refractivity contribution in [2.24, 2.45) is 0 Å². The van der Waals surface area contributed by atoms with Crippen molar-refractivity contribution >= 4 is 11.6 Å². The predicted molar refractivity (Wildman–Crippen MR) is 70.5 cm³/mol. The van der Waals surface area contributed by atoms with Gasteiger partial charge in [-0.05, 0) is 31.0 Å². The number of amides is 1. The Labute approximate surface area is 110 Å². The molecule has 0 saturated carbocycles. The van der Waals surface area contributed by atoms with Crippen molar-refractivity contribution in [3.05, 3.63) is 47.7 Å². The molecule has 0 fully saturated rings. The molecule has 0 spiro atoms. The fourth-order valence-corrected chi connectivity index (χ4v) is 2.41. The SMILES string of the molecule is Nc1ccc(C(=O)NC2CCCc3occc32)nc1. The molecule has 1 amide bonds. The van der Waals surface area contributed by atoms with E-state index in [1.807, 2.05) is 6.07 Å². The number of aryl methyl sites for hydroxylation is 1. The van der Waals surface area contributed by atoms with Crippen LogP contribution in [0.25, 0.3) is 0 Å². The van der Waals surface area contributed by atoms with E-state index in [9.17, 15) is 4.79 Å². The number of anilines is 1. The first-order chi connectivity index (χ1) is 9.24. The van der Waals surface area contributed by atoms with Crippen molar-refractivity contribution in [1.82, 2.24) is 10.3 Å². The summed E-state index contributed by atoms with van der Waals surface area (Å²) in [5.74, 6) is 0.792. The Kier molecular flexibility index (Phi) is 2.95. The minimum atomic E-state index is -0.181. The molecule has 1 unspecified atom stereocenters. The third kappa shape index (κ3) is 2.31. The number of rotatable bonds is 2. The number of hydrogen-bond acceptors (Lipinski definition) is 4. The van der Waals surface area contributed by atoms with E-state index in [4.69, 9.17) is 10.2 Å². The zero-order valence-electron chi connectivity index (χ0n) is 10.4. The van der Waals surface area contributed by atoms with Crippen molar-refractivity contribution in [3.8, 4) is 0 Å². The van der Waals surface area contributed by atoms with Gasteiger partial charge in [0.2, 0.25) is 0 Å². The van der Waals surface area contributed by atoms with Crippen molar-refractivity contribution in [2.45, 2.75) is 25.3 Å². The van der Waals surface area contributed by atoms with Crippen LogP contribution in [0, 0.1) is 0 Å². The second-order valence-electron chi connectivity index (χ2n) is 4.69. The van der Waals surface area contributed by atoms with Crippen molar-refractivity contribution in [2.75, 3.05) is 5.73 Å². The molecular formula is C14H15N3O2. The zero-order chi connectivity index (χ0) is 13.2. The van der Waals surface area contributed by atoms with E-state index < -0.39 is 0 Å². The maximum Gasteiger partial charge on any atom is 0.270 e. The normalized spacial score (nSPS) is 17.8. The van der Waals surface area contributed by atoms with Gasteiger partial charge in [0.25, 0.3) is 5.91 Å². The standard InChI is InChI=1S/C14H15N3O2/c15-9-4-5-12(16-8-9)14(18)17-11-2-1-3-13-10(11)6-7-19-13/h4-8,11H,1-3,15H2,(H,17,18). The highest BCUT2D eigenvalue weighted by atomic mass is 16.3. The number of furan rings is 1. The molecule has 1 aliphatic rings. The lowest BCUT2D eigenvalue weighted by molar-refractivity contribution is 0.0927. The van der Waals surface area contributed by atoms with E-state index in [1.54, 1.807) is 18.4 Å². The van der Waals surface area contributed by atoms with Crippen LogP contribution in [-0.4, -0.2) is 10.9 Å². The molecule has 3 rings (SSSR count). The molecule has 0 bridgehead atoms. The summed E-state index contributed by atoms with van der Waals surface area (Å²) >= 11 is 0. The lowest BCUT2D eigenvalue weighted by Crippen LogP contribution is -2.31. The molecule has 2 aromatic rings. The highest BCUT2D eigenvalue weighted by molar-refractivity contribution is 5.92. The first kappa shape index (κ1) is 11.8. The number of nitrogens with two attached hydrogens (primary N) is 1. The van der Waals surface area contributed by atoms with Crippen LogP contribution in [0.3, 0.4) is 0 Å². The molecule has 98 valence electrons. The van der Waals surface area contributed by atoms with Crippen molar-refractivity contribution in [3.63, 3.8) is 0 Å². The van der Waals surface area contributed by atoms with E-state index in [1.165, 1.54) is 6.20 Å². The number of carbonyl (C=O) groups excluding carboxylic acids is 1. The summed E-state index contributed by atoms with van der Waals surface area (Å²) in [6, 6.07) is 5.24. The number of aromatic nitrogens is 1. The maximum absolute atomic E-state index is 12.1. The molecule has 3 N–H and O–H groups in total. The number of fused-ring (bicyclic) bond motifs is 1. The van der Waals surface area contributed by atoms with Gasteiger partial charge in [0.05, 0.1) is 24.2 Å². The predicted octanol–water partition coefficient (Wildman–Crippen LogP) is 2.06. The van der Waals surface area contributed by atoms with Crippen LogP contribution in [0.1, 0.15) is 40.7 Å². The van der Waals surface area contributed by atoms with Crippen LogP contribution >= 0.6 is 0 Å². The number of nitrogens with zero attached hydrogens (tertiary/aromatic N) is 1. The molecule has 1 aliphatic carbocycles. The fraction of sp³-hybridized carbons (Fsp3) is 0.286. The van der Waals surface area contributed by atoms with Gasteiger partial charge in [0, 0.05) is 12.0 Å². The average Bonchev–Trinajstić information content (AvgIpc) is 2.89. The van der Waals surface area contributed by atoms with Gasteiger partial charge in [-0.1, -0.05) is 0 Å². The Hall–Kier alpha value is -2.30. The summed E-state index contributed by atoms with van der Waals surface area (Å²) in [5, 5.41) is 2.99. The lowest BCUT2D eigenvalue weighted by atomic mass is 9.93. The highest BCUT2D eigenvalue weighted by Gasteiger charge is 2.24. The third-order valence-corrected chi connectivity index (χ3v) is 3.38. The summed E-state index contributed by atoms with van der Waals surface area (Å²) < 4.78 is 5.41. The van der Waals surface area contributed by atoms with Crippen molar-refractivity contribution in [1.29, 1.82) is 0 Å². The maximum atomic E-state index is 12.1. The first-order valence-corrected chi connectivity index (χ1v) is 6.32. The van der Waals surface area contributed by atoms with Gasteiger partial charge in [-0.25, -0.2) is 4.98 Å². The number of nitrogens with one attached hydrogen (secondary N) is 1. The Morgan fingerprint density at radius 3 is 3.11 bits per heavy atom. The van der Waals surface area contributed by atoms with Crippen LogP contribution in [0.5, 0.6) is 0 Å². The van der Waals surface area contributed by atoms with Gasteiger partial charge >= 0.3 is 0 Å². The van der Waals surface area contributed by atoms with E-state index in [2.05, 4.69) is 10.3 Å². The van der Waals surface area contributed by atoms with Gasteiger partial charge < -0.3 is 15.5 Å². The zero-order valence-corrected chi connectivity index (χ0v) is 10.4. The molecule has 0 radical (unpaired) electrons. The van der Waals surface area contributed by atoms with E-state index in [0.717, 1.165) is 30.6 Å². The lowest BCUT2D eigenvalue weighted by Gasteiger charge is -2.22. The smallest absolute Gasteiger partial charge is 0.270 e. The van der Waals surface area contributed by atoms with Gasteiger partial charge in [-0.2, -0.15) is 0 Å². The number of hydrogen-bond donors (Lipinski definition) is 2. The van der Waals surface area contributed by atoms with Crippen LogP contribution < -0.4 is 11.1 Å². The number of pyridine rings is 1. The average molecular weight is 257 g/mol. The summed E-state index contributed by atoms with van der Waals surface area (Å²) in [7, 11) is 0. The summed E-state index contributed by atoms with van der Waals surface area (Å²) in [6.07, 6.45) is 6.04. The molecule has 0 aromatic carbocycles. The highest BCUT2D eigenvalue weighted by Crippen LogP contribution is 2.30. The molecule has 0 saturated heterocycles. The van der Waals surface area contributed by atoms with Gasteiger partial charge in [-0.15, -0.1) is 0 Å². The van der Waals surface area contributed by atoms with E-state index in [-0.39, 0.29) is 11.9 Å². The summed E-state index contributed by atoms with van der Waals surface area (Å²) in [5.41, 5.74) is 7.56. The first-order valence-electron chi connectivity index (χ1n) is 6.32. The second-order valence-corrected chi connectivity index (χ2v) is 4.69. The number of carbonyl (C=O) groups is 1. The summed E-state index contributed by atoms with van der Waals surface area (Å²) in [4.78, 5) is 16.1. The number of nitrogen functional groups attached to an aromatic ring is 1. The van der Waals surface area contributed by atoms with Crippen LogP contribution in [0.4, 0.5) is 5.69 Å².